The summed E-state index contributed by atoms with van der Waals surface area (Å²) in [5.74, 6) is -0.0212. The maximum atomic E-state index is 12.2. The molecule has 0 spiro atoms. The number of halogens is 3. The summed E-state index contributed by atoms with van der Waals surface area (Å²) < 4.78 is 0. The molecule has 1 saturated heterocycles. The molecule has 19 heavy (non-hydrogen) atoms. The molecular formula is C13H17Cl3N2O. The fourth-order valence-corrected chi connectivity index (χ4v) is 2.37. The fraction of sp³-hybridized carbons (Fsp3) is 0.462. The average molecular weight is 324 g/mol. The van der Waals surface area contributed by atoms with Crippen molar-refractivity contribution >= 4 is 41.5 Å². The molecule has 1 atom stereocenters. The van der Waals surface area contributed by atoms with E-state index in [4.69, 9.17) is 23.2 Å². The van der Waals surface area contributed by atoms with Gasteiger partial charge in [-0.15, -0.1) is 24.0 Å². The van der Waals surface area contributed by atoms with Crippen LogP contribution < -0.4 is 0 Å². The second-order valence-electron chi connectivity index (χ2n) is 4.54. The molecule has 0 bridgehead atoms. The standard InChI is InChI=1S/C13H16Cl2N2O.ClH/c1-16-6-8-17(9-7-16)13(18)12(15)10-2-4-11(14)5-3-10;/h2-5,12H,6-9H2,1H3;1H. The van der Waals surface area contributed by atoms with Crippen molar-refractivity contribution in [2.45, 2.75) is 5.38 Å². The van der Waals surface area contributed by atoms with Crippen molar-refractivity contribution in [3.8, 4) is 0 Å². The van der Waals surface area contributed by atoms with Crippen molar-refractivity contribution < 1.29 is 4.79 Å². The van der Waals surface area contributed by atoms with Gasteiger partial charge in [-0.2, -0.15) is 0 Å². The first kappa shape index (κ1) is 16.6. The lowest BCUT2D eigenvalue weighted by Crippen LogP contribution is -2.48. The van der Waals surface area contributed by atoms with E-state index in [1.807, 2.05) is 4.90 Å². The fourth-order valence-electron chi connectivity index (χ4n) is 1.96. The third-order valence-corrected chi connectivity index (χ3v) is 3.89. The first-order valence-corrected chi connectivity index (χ1v) is 6.76. The second-order valence-corrected chi connectivity index (χ2v) is 5.42. The summed E-state index contributed by atoms with van der Waals surface area (Å²) in [6.07, 6.45) is 0. The van der Waals surface area contributed by atoms with Gasteiger partial charge >= 0.3 is 0 Å². The van der Waals surface area contributed by atoms with E-state index in [9.17, 15) is 4.79 Å². The lowest BCUT2D eigenvalue weighted by Gasteiger charge is -2.33. The van der Waals surface area contributed by atoms with Crippen molar-refractivity contribution in [3.05, 3.63) is 34.9 Å². The minimum absolute atomic E-state index is 0. The number of benzene rings is 1. The predicted molar refractivity (Wildman–Crippen MR) is 81.4 cm³/mol. The van der Waals surface area contributed by atoms with Crippen LogP contribution >= 0.6 is 35.6 Å². The lowest BCUT2D eigenvalue weighted by molar-refractivity contribution is -0.132. The Morgan fingerprint density at radius 1 is 1.16 bits per heavy atom. The molecular weight excluding hydrogens is 307 g/mol. The molecule has 1 aromatic carbocycles. The highest BCUT2D eigenvalue weighted by atomic mass is 35.5. The zero-order valence-electron chi connectivity index (χ0n) is 10.7. The SMILES string of the molecule is CN1CCN(C(=O)C(Cl)c2ccc(Cl)cc2)CC1.Cl. The minimum atomic E-state index is -0.620. The maximum Gasteiger partial charge on any atom is 0.245 e. The van der Waals surface area contributed by atoms with Crippen LogP contribution in [0.15, 0.2) is 24.3 Å². The Morgan fingerprint density at radius 2 is 1.68 bits per heavy atom. The molecule has 1 aromatic rings. The van der Waals surface area contributed by atoms with Gasteiger partial charge in [-0.05, 0) is 24.7 Å². The van der Waals surface area contributed by atoms with E-state index in [0.717, 1.165) is 31.7 Å². The highest BCUT2D eigenvalue weighted by Crippen LogP contribution is 2.24. The van der Waals surface area contributed by atoms with Crippen LogP contribution in [0.4, 0.5) is 0 Å². The Hall–Kier alpha value is -0.480. The first-order chi connectivity index (χ1) is 8.58. The zero-order chi connectivity index (χ0) is 13.1. The molecule has 0 N–H and O–H groups in total. The number of alkyl halides is 1. The summed E-state index contributed by atoms with van der Waals surface area (Å²) in [5, 5.41) is 0.0281. The van der Waals surface area contributed by atoms with Crippen LogP contribution in [-0.2, 0) is 4.79 Å². The van der Waals surface area contributed by atoms with Gasteiger partial charge in [-0.25, -0.2) is 0 Å². The van der Waals surface area contributed by atoms with E-state index in [-0.39, 0.29) is 18.3 Å². The zero-order valence-corrected chi connectivity index (χ0v) is 13.0. The van der Waals surface area contributed by atoms with E-state index < -0.39 is 5.38 Å². The van der Waals surface area contributed by atoms with E-state index >= 15 is 0 Å². The van der Waals surface area contributed by atoms with Crippen LogP contribution in [0.1, 0.15) is 10.9 Å². The van der Waals surface area contributed by atoms with E-state index in [1.54, 1.807) is 24.3 Å². The number of likely N-dealkylation sites (N-methyl/N-ethyl adjacent to an activating group) is 1. The molecule has 1 amide bonds. The van der Waals surface area contributed by atoms with Gasteiger partial charge in [0.1, 0.15) is 5.38 Å². The van der Waals surface area contributed by atoms with E-state index in [1.165, 1.54) is 0 Å². The van der Waals surface area contributed by atoms with Gasteiger partial charge in [0.05, 0.1) is 0 Å². The number of hydrogen-bond acceptors (Lipinski definition) is 2. The van der Waals surface area contributed by atoms with Crippen molar-refractivity contribution in [1.29, 1.82) is 0 Å². The Bertz CT molecular complexity index is 416. The molecule has 2 rings (SSSR count). The number of hydrogen-bond donors (Lipinski definition) is 0. The summed E-state index contributed by atoms with van der Waals surface area (Å²) in [6.45, 7) is 3.28. The van der Waals surface area contributed by atoms with Gasteiger partial charge in [0, 0.05) is 31.2 Å². The van der Waals surface area contributed by atoms with Gasteiger partial charge in [0.15, 0.2) is 0 Å². The first-order valence-electron chi connectivity index (χ1n) is 5.95. The molecule has 1 heterocycles. The Kier molecular flexibility index (Phi) is 6.40. The van der Waals surface area contributed by atoms with Gasteiger partial charge in [-0.1, -0.05) is 23.7 Å². The summed E-state index contributed by atoms with van der Waals surface area (Å²) in [4.78, 5) is 16.3. The van der Waals surface area contributed by atoms with E-state index in [2.05, 4.69) is 11.9 Å². The molecule has 1 fully saturated rings. The van der Waals surface area contributed by atoms with Crippen LogP contribution in [0, 0.1) is 0 Å². The Morgan fingerprint density at radius 3 is 2.21 bits per heavy atom. The van der Waals surface area contributed by atoms with Crippen LogP contribution in [0.2, 0.25) is 5.02 Å². The molecule has 0 saturated carbocycles. The lowest BCUT2D eigenvalue weighted by atomic mass is 10.1. The third-order valence-electron chi connectivity index (χ3n) is 3.19. The second kappa shape index (κ2) is 7.34. The van der Waals surface area contributed by atoms with Crippen LogP contribution in [-0.4, -0.2) is 48.9 Å². The predicted octanol–water partition coefficient (Wildman–Crippen LogP) is 2.82. The van der Waals surface area contributed by atoms with Gasteiger partial charge in [-0.3, -0.25) is 4.79 Å². The molecule has 106 valence electrons. The van der Waals surface area contributed by atoms with Crippen molar-refractivity contribution in [2.75, 3.05) is 33.2 Å². The summed E-state index contributed by atoms with van der Waals surface area (Å²) in [6, 6.07) is 7.11. The summed E-state index contributed by atoms with van der Waals surface area (Å²) >= 11 is 12.0. The van der Waals surface area contributed by atoms with Crippen LogP contribution in [0.25, 0.3) is 0 Å². The summed E-state index contributed by atoms with van der Waals surface area (Å²) in [5.41, 5.74) is 0.796. The van der Waals surface area contributed by atoms with Gasteiger partial charge in [0.2, 0.25) is 5.91 Å². The molecule has 0 aromatic heterocycles. The Balaban J connectivity index is 0.00000180. The quantitative estimate of drug-likeness (QED) is 0.781. The Labute approximate surface area is 129 Å². The minimum Gasteiger partial charge on any atom is -0.339 e. The van der Waals surface area contributed by atoms with Crippen LogP contribution in [0.3, 0.4) is 0 Å². The molecule has 0 aliphatic carbocycles. The number of carbonyl (C=O) groups is 1. The highest BCUT2D eigenvalue weighted by molar-refractivity contribution is 6.31. The number of carbonyl (C=O) groups excluding carboxylic acids is 1. The topological polar surface area (TPSA) is 23.6 Å². The summed E-state index contributed by atoms with van der Waals surface area (Å²) in [7, 11) is 2.05. The monoisotopic (exact) mass is 322 g/mol. The van der Waals surface area contributed by atoms with E-state index in [0.29, 0.717) is 5.02 Å². The third kappa shape index (κ3) is 4.25. The number of rotatable bonds is 2. The largest absolute Gasteiger partial charge is 0.339 e. The number of nitrogens with zero attached hydrogens (tertiary/aromatic N) is 2. The molecule has 3 nitrogen and oxygen atoms in total. The van der Waals surface area contributed by atoms with Crippen molar-refractivity contribution in [1.82, 2.24) is 9.80 Å². The molecule has 1 aliphatic rings. The van der Waals surface area contributed by atoms with Gasteiger partial charge < -0.3 is 9.80 Å². The van der Waals surface area contributed by atoms with Crippen molar-refractivity contribution in [3.63, 3.8) is 0 Å². The number of piperazine rings is 1. The highest BCUT2D eigenvalue weighted by Gasteiger charge is 2.26. The van der Waals surface area contributed by atoms with Crippen molar-refractivity contribution in [2.24, 2.45) is 0 Å². The maximum absolute atomic E-state index is 12.2. The molecule has 1 unspecified atom stereocenters. The number of amides is 1. The van der Waals surface area contributed by atoms with Crippen LogP contribution in [0.5, 0.6) is 0 Å². The molecule has 1 aliphatic heterocycles. The molecule has 6 heteroatoms. The normalized spacial score (nSPS) is 17.7. The average Bonchev–Trinajstić information content (AvgIpc) is 2.39. The molecule has 0 radical (unpaired) electrons. The van der Waals surface area contributed by atoms with Gasteiger partial charge in [0.25, 0.3) is 0 Å². The smallest absolute Gasteiger partial charge is 0.245 e.